The van der Waals surface area contributed by atoms with Gasteiger partial charge in [-0.15, -0.1) is 0 Å². The number of hydrogen-bond acceptors (Lipinski definition) is 5. The largest absolute Gasteiger partial charge is 0.416 e. The van der Waals surface area contributed by atoms with E-state index in [9.17, 15) is 31.5 Å². The molecule has 0 radical (unpaired) electrons. The van der Waals surface area contributed by atoms with E-state index >= 15 is 0 Å². The lowest BCUT2D eigenvalue weighted by Gasteiger charge is -2.13. The Hall–Kier alpha value is -3.70. The summed E-state index contributed by atoms with van der Waals surface area (Å²) in [6.07, 6.45) is -3.43. The lowest BCUT2D eigenvalue weighted by Crippen LogP contribution is -2.28. The van der Waals surface area contributed by atoms with Gasteiger partial charge in [-0.1, -0.05) is 37.3 Å². The van der Waals surface area contributed by atoms with Gasteiger partial charge in [0.05, 0.1) is 34.4 Å². The second-order valence-corrected chi connectivity index (χ2v) is 12.2. The second-order valence-electron chi connectivity index (χ2n) is 9.94. The summed E-state index contributed by atoms with van der Waals surface area (Å²) in [7, 11) is -3.35. The third-order valence-electron chi connectivity index (χ3n) is 7.08. The van der Waals surface area contributed by atoms with Crippen LogP contribution in [0.25, 0.3) is 10.9 Å². The number of aliphatic hydroxyl groups is 1. The van der Waals surface area contributed by atoms with Crippen molar-refractivity contribution in [2.45, 2.75) is 49.4 Å². The van der Waals surface area contributed by atoms with Crippen LogP contribution in [-0.2, 0) is 22.6 Å². The quantitative estimate of drug-likeness (QED) is 0.286. The zero-order valence-corrected chi connectivity index (χ0v) is 22.5. The molecule has 3 aromatic carbocycles. The Bertz CT molecular complexity index is 1640. The fourth-order valence-electron chi connectivity index (χ4n) is 4.65. The Balaban J connectivity index is 1.30. The van der Waals surface area contributed by atoms with E-state index in [4.69, 9.17) is 0 Å². The molecule has 5 rings (SSSR count). The molecule has 0 spiro atoms. The predicted molar refractivity (Wildman–Crippen MR) is 144 cm³/mol. The van der Waals surface area contributed by atoms with Crippen LogP contribution in [0.15, 0.2) is 71.6 Å². The summed E-state index contributed by atoms with van der Waals surface area (Å²) in [5, 5.41) is 18.8. The lowest BCUT2D eigenvalue weighted by molar-refractivity contribution is -0.137. The number of amides is 1. The molecule has 0 saturated heterocycles. The summed E-state index contributed by atoms with van der Waals surface area (Å²) >= 11 is 0. The van der Waals surface area contributed by atoms with Crippen molar-refractivity contribution in [2.75, 3.05) is 12.3 Å². The SMILES string of the molecule is CCS(=O)(=O)c1ccc([C@@H](O)CNC(=O)c2ccc3c(C4CC4)n(Cc4ccc(C(F)(F)F)cc4)nc3c2)cc1. The monoisotopic (exact) mass is 571 g/mol. The molecule has 1 saturated carbocycles. The van der Waals surface area contributed by atoms with Crippen LogP contribution in [0, 0.1) is 0 Å². The minimum absolute atomic E-state index is 0.0231. The van der Waals surface area contributed by atoms with Crippen LogP contribution in [0.2, 0.25) is 0 Å². The maximum Gasteiger partial charge on any atom is 0.416 e. The summed E-state index contributed by atoms with van der Waals surface area (Å²) in [5.74, 6) is -0.116. The standard InChI is InChI=1S/C29H28F3N3O4S/c1-2-40(38,39)23-12-7-19(8-13-23)26(36)16-33-28(37)21-9-14-24-25(15-21)34-35(27(24)20-5-6-20)17-18-3-10-22(11-4-18)29(30,31)32/h3-4,7-15,20,26,36H,2,5-6,16-17H2,1H3,(H,33,37)/t26-/m0/s1. The number of aromatic nitrogens is 2. The summed E-state index contributed by atoms with van der Waals surface area (Å²) in [6.45, 7) is 1.79. The van der Waals surface area contributed by atoms with E-state index in [0.29, 0.717) is 34.7 Å². The van der Waals surface area contributed by atoms with Gasteiger partial charge >= 0.3 is 6.18 Å². The van der Waals surface area contributed by atoms with E-state index in [0.717, 1.165) is 36.1 Å². The number of fused-ring (bicyclic) bond motifs is 1. The first-order valence-corrected chi connectivity index (χ1v) is 14.6. The number of hydrogen-bond donors (Lipinski definition) is 2. The molecule has 0 aliphatic heterocycles. The molecule has 1 aliphatic carbocycles. The average molecular weight is 572 g/mol. The maximum absolute atomic E-state index is 12.9. The highest BCUT2D eigenvalue weighted by Gasteiger charge is 2.31. The normalized spacial score (nSPS) is 14.8. The zero-order chi connectivity index (χ0) is 28.7. The summed E-state index contributed by atoms with van der Waals surface area (Å²) in [5.41, 5.74) is 2.43. The molecule has 1 atom stereocenters. The van der Waals surface area contributed by atoms with Crippen LogP contribution in [0.3, 0.4) is 0 Å². The van der Waals surface area contributed by atoms with E-state index in [2.05, 4.69) is 10.4 Å². The summed E-state index contributed by atoms with van der Waals surface area (Å²) in [4.78, 5) is 13.0. The molecule has 210 valence electrons. The number of aliphatic hydroxyl groups excluding tert-OH is 1. The fraction of sp³-hybridized carbons (Fsp3) is 0.310. The molecular weight excluding hydrogens is 543 g/mol. The first kappa shape index (κ1) is 27.9. The van der Waals surface area contributed by atoms with Crippen LogP contribution < -0.4 is 5.32 Å². The number of nitrogens with one attached hydrogen (secondary N) is 1. The first-order valence-electron chi connectivity index (χ1n) is 12.9. The number of halogens is 3. The first-order chi connectivity index (χ1) is 19.0. The van der Waals surface area contributed by atoms with Gasteiger partial charge in [0, 0.05) is 29.1 Å². The Morgan fingerprint density at radius 3 is 2.35 bits per heavy atom. The topological polar surface area (TPSA) is 101 Å². The Kier molecular flexibility index (Phi) is 7.45. The number of nitrogens with zero attached hydrogens (tertiary/aromatic N) is 2. The minimum Gasteiger partial charge on any atom is -0.387 e. The Morgan fingerprint density at radius 1 is 1.07 bits per heavy atom. The van der Waals surface area contributed by atoms with E-state index < -0.39 is 33.6 Å². The van der Waals surface area contributed by atoms with Gasteiger partial charge < -0.3 is 10.4 Å². The van der Waals surface area contributed by atoms with E-state index in [1.165, 1.54) is 36.4 Å². The van der Waals surface area contributed by atoms with Gasteiger partial charge in [0.2, 0.25) is 0 Å². The maximum atomic E-state index is 12.9. The molecule has 11 heteroatoms. The highest BCUT2D eigenvalue weighted by molar-refractivity contribution is 7.91. The number of alkyl halides is 3. The molecule has 7 nitrogen and oxygen atoms in total. The predicted octanol–water partition coefficient (Wildman–Crippen LogP) is 5.24. The second kappa shape index (κ2) is 10.7. The van der Waals surface area contributed by atoms with Crippen LogP contribution in [0.1, 0.15) is 64.5 Å². The van der Waals surface area contributed by atoms with Gasteiger partial charge in [-0.3, -0.25) is 9.48 Å². The number of carbonyl (C=O) groups excluding carboxylic acids is 1. The zero-order valence-electron chi connectivity index (χ0n) is 21.6. The summed E-state index contributed by atoms with van der Waals surface area (Å²) < 4.78 is 64.6. The van der Waals surface area contributed by atoms with Crippen LogP contribution in [0.5, 0.6) is 0 Å². The molecule has 1 aliphatic rings. The average Bonchev–Trinajstić information content (AvgIpc) is 3.71. The Morgan fingerprint density at radius 2 is 1.75 bits per heavy atom. The van der Waals surface area contributed by atoms with E-state index in [1.54, 1.807) is 23.7 Å². The molecule has 0 unspecified atom stereocenters. The highest BCUT2D eigenvalue weighted by atomic mass is 32.2. The van der Waals surface area contributed by atoms with Crippen molar-refractivity contribution in [1.82, 2.24) is 15.1 Å². The molecule has 2 N–H and O–H groups in total. The smallest absolute Gasteiger partial charge is 0.387 e. The minimum atomic E-state index is -4.40. The highest BCUT2D eigenvalue weighted by Crippen LogP contribution is 2.43. The van der Waals surface area contributed by atoms with Gasteiger partial charge in [-0.05, 0) is 60.4 Å². The van der Waals surface area contributed by atoms with Crippen molar-refractivity contribution in [2.24, 2.45) is 0 Å². The molecule has 0 bridgehead atoms. The fourth-order valence-corrected chi connectivity index (χ4v) is 5.53. The Labute approximate surface area is 229 Å². The van der Waals surface area contributed by atoms with Crippen molar-refractivity contribution in [3.05, 3.63) is 94.7 Å². The molecule has 1 amide bonds. The molecular formula is C29H28F3N3O4S. The van der Waals surface area contributed by atoms with Gasteiger partial charge in [0.15, 0.2) is 9.84 Å². The molecule has 1 heterocycles. The van der Waals surface area contributed by atoms with Gasteiger partial charge in [-0.2, -0.15) is 18.3 Å². The van der Waals surface area contributed by atoms with Gasteiger partial charge in [0.1, 0.15) is 0 Å². The third-order valence-corrected chi connectivity index (χ3v) is 8.83. The van der Waals surface area contributed by atoms with Crippen LogP contribution in [0.4, 0.5) is 13.2 Å². The number of carbonyl (C=O) groups is 1. The van der Waals surface area contributed by atoms with Crippen molar-refractivity contribution in [3.63, 3.8) is 0 Å². The van der Waals surface area contributed by atoms with Crippen LogP contribution >= 0.6 is 0 Å². The number of benzene rings is 3. The van der Waals surface area contributed by atoms with Gasteiger partial charge in [-0.25, -0.2) is 8.42 Å². The summed E-state index contributed by atoms with van der Waals surface area (Å²) in [6, 6.07) is 16.1. The molecule has 4 aromatic rings. The third kappa shape index (κ3) is 5.90. The van der Waals surface area contributed by atoms with Gasteiger partial charge in [0.25, 0.3) is 5.91 Å². The van der Waals surface area contributed by atoms with Crippen molar-refractivity contribution in [1.29, 1.82) is 0 Å². The number of rotatable bonds is 9. The van der Waals surface area contributed by atoms with E-state index in [-0.39, 0.29) is 17.2 Å². The molecule has 40 heavy (non-hydrogen) atoms. The molecule has 1 aromatic heterocycles. The van der Waals surface area contributed by atoms with Crippen molar-refractivity contribution in [3.8, 4) is 0 Å². The van der Waals surface area contributed by atoms with Crippen LogP contribution in [-0.4, -0.2) is 41.5 Å². The van der Waals surface area contributed by atoms with Crippen molar-refractivity contribution < 1.29 is 31.5 Å². The number of sulfone groups is 1. The van der Waals surface area contributed by atoms with E-state index in [1.807, 2.05) is 6.07 Å². The lowest BCUT2D eigenvalue weighted by atomic mass is 10.1. The molecule has 1 fully saturated rings. The van der Waals surface area contributed by atoms with Crippen molar-refractivity contribution >= 4 is 26.6 Å².